The molecule has 0 aliphatic carbocycles. The number of hydrazone groups is 1. The van der Waals surface area contributed by atoms with Gasteiger partial charge in [-0.05, 0) is 19.9 Å². The van der Waals surface area contributed by atoms with Gasteiger partial charge in [0.25, 0.3) is 0 Å². The monoisotopic (exact) mass is 341 g/mol. The van der Waals surface area contributed by atoms with Crippen LogP contribution in [0.15, 0.2) is 17.2 Å². The van der Waals surface area contributed by atoms with E-state index in [1.807, 2.05) is 13.8 Å². The standard InChI is InChI=1S/C18H19N3O4/c1-5-7-23-15-9-12-13(20-21-17(19)22)11-18(3,4)25-14(12)10-16(15)24-8-6-2/h1-2,9-10H,7-8,11H2,3-4H3,(H3,19,21,22)/b20-13+. The SMILES string of the molecule is C#CCOc1cc2c(cc1OCC#C)/C(=N/NC(N)=O)CC(C)(C)O2. The third-order valence-electron chi connectivity index (χ3n) is 3.26. The first-order valence-electron chi connectivity index (χ1n) is 7.48. The van der Waals surface area contributed by atoms with Crippen molar-refractivity contribution in [3.8, 4) is 41.9 Å². The quantitative estimate of drug-likeness (QED) is 0.629. The predicted molar refractivity (Wildman–Crippen MR) is 93.7 cm³/mol. The van der Waals surface area contributed by atoms with Gasteiger partial charge in [-0.3, -0.25) is 0 Å². The summed E-state index contributed by atoms with van der Waals surface area (Å²) >= 11 is 0. The minimum atomic E-state index is -0.754. The maximum Gasteiger partial charge on any atom is 0.332 e. The number of nitrogens with one attached hydrogen (secondary N) is 1. The van der Waals surface area contributed by atoms with Crippen molar-refractivity contribution >= 4 is 11.7 Å². The Morgan fingerprint density at radius 3 is 2.48 bits per heavy atom. The van der Waals surface area contributed by atoms with Gasteiger partial charge in [-0.1, -0.05) is 11.8 Å². The van der Waals surface area contributed by atoms with E-state index in [0.29, 0.717) is 34.9 Å². The summed E-state index contributed by atoms with van der Waals surface area (Å²) in [7, 11) is 0. The van der Waals surface area contributed by atoms with Crippen LogP contribution in [0.1, 0.15) is 25.8 Å². The number of rotatable bonds is 5. The Morgan fingerprint density at radius 2 is 1.92 bits per heavy atom. The topological polar surface area (TPSA) is 95.2 Å². The first-order chi connectivity index (χ1) is 11.9. The van der Waals surface area contributed by atoms with Gasteiger partial charge in [-0.15, -0.1) is 12.8 Å². The molecule has 7 heteroatoms. The van der Waals surface area contributed by atoms with Gasteiger partial charge in [0, 0.05) is 18.1 Å². The Kier molecular flexibility index (Phi) is 5.41. The van der Waals surface area contributed by atoms with Crippen molar-refractivity contribution in [1.29, 1.82) is 0 Å². The van der Waals surface area contributed by atoms with Gasteiger partial charge in [0.1, 0.15) is 24.6 Å². The van der Waals surface area contributed by atoms with Crippen LogP contribution in [0.4, 0.5) is 4.79 Å². The zero-order valence-corrected chi connectivity index (χ0v) is 14.1. The van der Waals surface area contributed by atoms with E-state index in [1.165, 1.54) is 0 Å². The minimum absolute atomic E-state index is 0.0591. The van der Waals surface area contributed by atoms with Gasteiger partial charge in [-0.25, -0.2) is 10.2 Å². The van der Waals surface area contributed by atoms with E-state index in [4.69, 9.17) is 32.8 Å². The lowest BCUT2D eigenvalue weighted by atomic mass is 9.92. The largest absolute Gasteiger partial charge is 0.487 e. The highest BCUT2D eigenvalue weighted by Gasteiger charge is 2.33. The number of hydrogen-bond donors (Lipinski definition) is 2. The maximum atomic E-state index is 11.0. The molecule has 0 unspecified atom stereocenters. The fourth-order valence-electron chi connectivity index (χ4n) is 2.37. The molecule has 0 saturated carbocycles. The summed E-state index contributed by atoms with van der Waals surface area (Å²) in [5.74, 6) is 6.13. The summed E-state index contributed by atoms with van der Waals surface area (Å²) < 4.78 is 17.0. The van der Waals surface area contributed by atoms with Crippen molar-refractivity contribution in [3.05, 3.63) is 17.7 Å². The molecule has 25 heavy (non-hydrogen) atoms. The lowest BCUT2D eigenvalue weighted by molar-refractivity contribution is 0.110. The molecule has 1 aromatic rings. The van der Waals surface area contributed by atoms with Gasteiger partial charge in [0.15, 0.2) is 11.5 Å². The number of terminal acetylenes is 2. The van der Waals surface area contributed by atoms with Gasteiger partial charge in [0.05, 0.1) is 5.71 Å². The molecule has 0 atom stereocenters. The summed E-state index contributed by atoms with van der Waals surface area (Å²) in [6.07, 6.45) is 11.0. The third-order valence-corrected chi connectivity index (χ3v) is 3.26. The van der Waals surface area contributed by atoms with E-state index in [9.17, 15) is 4.79 Å². The molecule has 0 saturated heterocycles. The van der Waals surface area contributed by atoms with Gasteiger partial charge < -0.3 is 19.9 Å². The zero-order chi connectivity index (χ0) is 18.4. The van der Waals surface area contributed by atoms with E-state index < -0.39 is 11.6 Å². The Labute approximate surface area is 146 Å². The summed E-state index contributed by atoms with van der Waals surface area (Å²) in [6, 6.07) is 2.60. The average molecular weight is 341 g/mol. The lowest BCUT2D eigenvalue weighted by Gasteiger charge is -2.33. The number of hydrogen-bond acceptors (Lipinski definition) is 5. The number of nitrogens with zero attached hydrogens (tertiary/aromatic N) is 1. The average Bonchev–Trinajstić information content (AvgIpc) is 2.54. The number of amides is 2. The summed E-state index contributed by atoms with van der Waals surface area (Å²) in [5.41, 5.74) is 8.05. The van der Waals surface area contributed by atoms with Crippen LogP contribution in [0, 0.1) is 24.7 Å². The van der Waals surface area contributed by atoms with Crippen molar-refractivity contribution in [3.63, 3.8) is 0 Å². The van der Waals surface area contributed by atoms with Crippen molar-refractivity contribution in [2.75, 3.05) is 13.2 Å². The lowest BCUT2D eigenvalue weighted by Crippen LogP contribution is -2.37. The number of fused-ring (bicyclic) bond motifs is 1. The minimum Gasteiger partial charge on any atom is -0.487 e. The Bertz CT molecular complexity index is 785. The zero-order valence-electron chi connectivity index (χ0n) is 14.1. The number of urea groups is 1. The first-order valence-corrected chi connectivity index (χ1v) is 7.48. The van der Waals surface area contributed by atoms with Crippen molar-refractivity contribution in [1.82, 2.24) is 5.43 Å². The van der Waals surface area contributed by atoms with Crippen LogP contribution in [-0.4, -0.2) is 30.6 Å². The molecule has 1 aliphatic rings. The summed E-state index contributed by atoms with van der Waals surface area (Å²) in [5, 5.41) is 4.08. The Morgan fingerprint density at radius 1 is 1.32 bits per heavy atom. The third kappa shape index (κ3) is 4.58. The molecule has 3 N–H and O–H groups in total. The molecule has 0 bridgehead atoms. The first kappa shape index (κ1) is 18.0. The highest BCUT2D eigenvalue weighted by Crippen LogP contribution is 2.41. The number of ether oxygens (including phenoxy) is 3. The number of carbonyl (C=O) groups is 1. The molecule has 2 amide bonds. The smallest absolute Gasteiger partial charge is 0.332 e. The highest BCUT2D eigenvalue weighted by molar-refractivity contribution is 6.05. The van der Waals surface area contributed by atoms with Gasteiger partial charge in [-0.2, -0.15) is 5.10 Å². The summed E-state index contributed by atoms with van der Waals surface area (Å²) in [4.78, 5) is 11.0. The molecule has 0 radical (unpaired) electrons. The molecule has 1 heterocycles. The molecule has 1 aliphatic heterocycles. The van der Waals surface area contributed by atoms with Crippen LogP contribution in [0.2, 0.25) is 0 Å². The fourth-order valence-corrected chi connectivity index (χ4v) is 2.37. The van der Waals surface area contributed by atoms with E-state index in [-0.39, 0.29) is 13.2 Å². The van der Waals surface area contributed by atoms with Crippen LogP contribution in [0.5, 0.6) is 17.2 Å². The van der Waals surface area contributed by atoms with E-state index in [2.05, 4.69) is 22.4 Å². The molecule has 2 rings (SSSR count). The molecule has 1 aromatic carbocycles. The molecular weight excluding hydrogens is 322 g/mol. The molecule has 130 valence electrons. The van der Waals surface area contributed by atoms with Crippen LogP contribution in [-0.2, 0) is 0 Å². The van der Waals surface area contributed by atoms with Crippen molar-refractivity contribution < 1.29 is 19.0 Å². The van der Waals surface area contributed by atoms with Gasteiger partial charge in [0.2, 0.25) is 0 Å². The Balaban J connectivity index is 2.51. The van der Waals surface area contributed by atoms with E-state index in [1.54, 1.807) is 12.1 Å². The second kappa shape index (κ2) is 7.50. The second-order valence-electron chi connectivity index (χ2n) is 5.85. The Hall–Kier alpha value is -3.32. The number of nitrogens with two attached hydrogens (primary N) is 1. The molecule has 0 spiro atoms. The maximum absolute atomic E-state index is 11.0. The number of benzene rings is 1. The van der Waals surface area contributed by atoms with E-state index in [0.717, 1.165) is 0 Å². The highest BCUT2D eigenvalue weighted by atomic mass is 16.5. The number of carbonyl (C=O) groups excluding carboxylic acids is 1. The van der Waals surface area contributed by atoms with Crippen LogP contribution in [0.3, 0.4) is 0 Å². The molecule has 0 aromatic heterocycles. The van der Waals surface area contributed by atoms with Crippen LogP contribution in [0.25, 0.3) is 0 Å². The van der Waals surface area contributed by atoms with E-state index >= 15 is 0 Å². The van der Waals surface area contributed by atoms with Crippen molar-refractivity contribution in [2.45, 2.75) is 25.9 Å². The molecule has 7 nitrogen and oxygen atoms in total. The van der Waals surface area contributed by atoms with Crippen LogP contribution >= 0.6 is 0 Å². The van der Waals surface area contributed by atoms with Crippen LogP contribution < -0.4 is 25.4 Å². The van der Waals surface area contributed by atoms with Gasteiger partial charge >= 0.3 is 6.03 Å². The molecular formula is C18H19N3O4. The fraction of sp³-hybridized carbons (Fsp3) is 0.333. The predicted octanol–water partition coefficient (Wildman–Crippen LogP) is 1.64. The normalized spacial score (nSPS) is 15.9. The number of primary amides is 1. The summed E-state index contributed by atoms with van der Waals surface area (Å²) in [6.45, 7) is 3.93. The second-order valence-corrected chi connectivity index (χ2v) is 5.85. The van der Waals surface area contributed by atoms with Crippen molar-refractivity contribution in [2.24, 2.45) is 10.8 Å². The molecule has 0 fully saturated rings.